The van der Waals surface area contributed by atoms with Crippen LogP contribution < -0.4 is 9.80 Å². The van der Waals surface area contributed by atoms with Gasteiger partial charge in [0.1, 0.15) is 17.8 Å². The molecule has 2 unspecified atom stereocenters. The third kappa shape index (κ3) is 2.66. The number of rotatable bonds is 3. The second kappa shape index (κ2) is 6.58. The van der Waals surface area contributed by atoms with Gasteiger partial charge in [0.25, 0.3) is 0 Å². The molecular weight excluding hydrogens is 366 g/mol. The summed E-state index contributed by atoms with van der Waals surface area (Å²) < 4.78 is 6.07. The van der Waals surface area contributed by atoms with Crippen molar-refractivity contribution < 1.29 is 4.42 Å². The van der Waals surface area contributed by atoms with Crippen molar-refractivity contribution in [2.45, 2.75) is 31.3 Å². The van der Waals surface area contributed by atoms with Gasteiger partial charge in [0, 0.05) is 24.8 Å². The molecule has 0 amide bonds. The highest BCUT2D eigenvalue weighted by Gasteiger charge is 2.43. The quantitative estimate of drug-likeness (QED) is 0.577. The van der Waals surface area contributed by atoms with Gasteiger partial charge < -0.3 is 19.2 Å². The number of aromatic nitrogens is 5. The van der Waals surface area contributed by atoms with E-state index in [-0.39, 0.29) is 0 Å². The summed E-state index contributed by atoms with van der Waals surface area (Å²) in [7, 11) is 0. The lowest BCUT2D eigenvalue weighted by molar-refractivity contribution is 0.402. The van der Waals surface area contributed by atoms with E-state index in [1.165, 1.54) is 0 Å². The number of piperidine rings is 1. The van der Waals surface area contributed by atoms with Gasteiger partial charge in [-0.15, -0.1) is 5.10 Å². The van der Waals surface area contributed by atoms with Crippen molar-refractivity contribution in [1.29, 1.82) is 0 Å². The maximum atomic E-state index is 6.07. The highest BCUT2D eigenvalue weighted by molar-refractivity contribution is 5.87. The van der Waals surface area contributed by atoms with Gasteiger partial charge in [-0.05, 0) is 37.5 Å². The van der Waals surface area contributed by atoms with E-state index in [1.807, 2.05) is 36.5 Å². The van der Waals surface area contributed by atoms with E-state index in [9.17, 15) is 0 Å². The normalized spacial score (nSPS) is 21.7. The van der Waals surface area contributed by atoms with Crippen molar-refractivity contribution in [3.63, 3.8) is 0 Å². The standard InChI is InChI=1S/C21H21N7O/c1-2-5-14(6-3-1)20-25-26-21(29-20)28-11-4-7-16-17(28)9-12-27(16)19-15-8-10-22-18(15)23-13-24-19/h1-3,5-6,8,10,13,16-17H,4,7,9,11-12H2,(H,22,23,24). The van der Waals surface area contributed by atoms with E-state index in [4.69, 9.17) is 4.42 Å². The number of aromatic amines is 1. The molecule has 0 saturated carbocycles. The van der Waals surface area contributed by atoms with Crippen molar-refractivity contribution >= 4 is 22.9 Å². The minimum Gasteiger partial charge on any atom is -0.403 e. The van der Waals surface area contributed by atoms with Crippen LogP contribution in [-0.4, -0.2) is 50.3 Å². The van der Waals surface area contributed by atoms with Gasteiger partial charge in [-0.2, -0.15) is 0 Å². The summed E-state index contributed by atoms with van der Waals surface area (Å²) in [5.41, 5.74) is 1.83. The minimum atomic E-state index is 0.344. The molecule has 2 saturated heterocycles. The molecule has 4 aromatic rings. The summed E-state index contributed by atoms with van der Waals surface area (Å²) in [4.78, 5) is 16.9. The van der Waals surface area contributed by atoms with Crippen molar-refractivity contribution in [2.75, 3.05) is 22.9 Å². The molecule has 1 N–H and O–H groups in total. The number of H-pyrrole nitrogens is 1. The molecule has 2 aliphatic rings. The Bertz CT molecular complexity index is 1140. The molecule has 0 bridgehead atoms. The molecule has 6 rings (SSSR count). The number of anilines is 2. The first-order valence-corrected chi connectivity index (χ1v) is 10.1. The first-order valence-electron chi connectivity index (χ1n) is 10.1. The lowest BCUT2D eigenvalue weighted by atomic mass is 9.97. The molecule has 2 aliphatic heterocycles. The molecule has 1 aromatic carbocycles. The van der Waals surface area contributed by atoms with Crippen LogP contribution in [0.4, 0.5) is 11.8 Å². The summed E-state index contributed by atoms with van der Waals surface area (Å²) in [6.07, 6.45) is 6.84. The Morgan fingerprint density at radius 1 is 0.931 bits per heavy atom. The molecular formula is C21H21N7O. The number of hydrogen-bond acceptors (Lipinski definition) is 7. The van der Waals surface area contributed by atoms with Crippen LogP contribution in [0.2, 0.25) is 0 Å². The Morgan fingerprint density at radius 2 is 1.83 bits per heavy atom. The molecule has 2 atom stereocenters. The van der Waals surface area contributed by atoms with E-state index in [0.717, 1.165) is 54.8 Å². The van der Waals surface area contributed by atoms with Crippen molar-refractivity contribution in [3.05, 3.63) is 48.9 Å². The molecule has 5 heterocycles. The average Bonchev–Trinajstić information content (AvgIpc) is 3.52. The fourth-order valence-corrected chi connectivity index (χ4v) is 4.80. The first-order chi connectivity index (χ1) is 14.4. The number of nitrogens with one attached hydrogen (secondary N) is 1. The molecule has 0 aliphatic carbocycles. The smallest absolute Gasteiger partial charge is 0.318 e. The van der Waals surface area contributed by atoms with Crippen molar-refractivity contribution in [2.24, 2.45) is 0 Å². The Balaban J connectivity index is 1.30. The van der Waals surface area contributed by atoms with Crippen molar-refractivity contribution in [1.82, 2.24) is 25.1 Å². The largest absolute Gasteiger partial charge is 0.403 e. The van der Waals surface area contributed by atoms with E-state index in [2.05, 4.69) is 41.0 Å². The molecule has 29 heavy (non-hydrogen) atoms. The zero-order chi connectivity index (χ0) is 19.2. The molecule has 2 fully saturated rings. The Morgan fingerprint density at radius 3 is 2.76 bits per heavy atom. The predicted molar refractivity (Wildman–Crippen MR) is 110 cm³/mol. The third-order valence-electron chi connectivity index (χ3n) is 6.10. The van der Waals surface area contributed by atoms with E-state index < -0.39 is 0 Å². The number of benzene rings is 1. The fraction of sp³-hybridized carbons (Fsp3) is 0.333. The highest BCUT2D eigenvalue weighted by atomic mass is 16.4. The summed E-state index contributed by atoms with van der Waals surface area (Å²) in [6.45, 7) is 1.90. The summed E-state index contributed by atoms with van der Waals surface area (Å²) >= 11 is 0. The van der Waals surface area contributed by atoms with Crippen LogP contribution >= 0.6 is 0 Å². The van der Waals surface area contributed by atoms with Gasteiger partial charge in [-0.1, -0.05) is 23.3 Å². The highest BCUT2D eigenvalue weighted by Crippen LogP contribution is 2.38. The maximum Gasteiger partial charge on any atom is 0.318 e. The molecule has 146 valence electrons. The van der Waals surface area contributed by atoms with Crippen LogP contribution in [0.15, 0.2) is 53.3 Å². The zero-order valence-corrected chi connectivity index (χ0v) is 15.9. The predicted octanol–water partition coefficient (Wildman–Crippen LogP) is 3.26. The Hall–Kier alpha value is -3.42. The van der Waals surface area contributed by atoms with Crippen LogP contribution in [-0.2, 0) is 0 Å². The molecule has 8 heteroatoms. The third-order valence-corrected chi connectivity index (χ3v) is 6.10. The maximum absolute atomic E-state index is 6.07. The second-order valence-corrected chi connectivity index (χ2v) is 7.65. The Labute approximate surface area is 167 Å². The van der Waals surface area contributed by atoms with E-state index in [0.29, 0.717) is 24.0 Å². The monoisotopic (exact) mass is 387 g/mol. The van der Waals surface area contributed by atoms with Gasteiger partial charge in [0.2, 0.25) is 5.89 Å². The lowest BCUT2D eigenvalue weighted by Gasteiger charge is -2.39. The van der Waals surface area contributed by atoms with Gasteiger partial charge >= 0.3 is 6.01 Å². The first kappa shape index (κ1) is 16.5. The number of fused-ring (bicyclic) bond motifs is 2. The molecule has 3 aromatic heterocycles. The van der Waals surface area contributed by atoms with E-state index >= 15 is 0 Å². The van der Waals surface area contributed by atoms with E-state index in [1.54, 1.807) is 6.33 Å². The van der Waals surface area contributed by atoms with Gasteiger partial charge in [0.05, 0.1) is 17.5 Å². The lowest BCUT2D eigenvalue weighted by Crippen LogP contribution is -2.50. The summed E-state index contributed by atoms with van der Waals surface area (Å²) in [5, 5.41) is 9.74. The summed E-state index contributed by atoms with van der Waals surface area (Å²) in [5.74, 6) is 1.59. The molecule has 8 nitrogen and oxygen atoms in total. The van der Waals surface area contributed by atoms with Gasteiger partial charge in [-0.25, -0.2) is 9.97 Å². The second-order valence-electron chi connectivity index (χ2n) is 7.65. The number of nitrogens with zero attached hydrogens (tertiary/aromatic N) is 6. The SMILES string of the molecule is c1ccc(-c2nnc(N3CCCC4C3CCN4c3ncnc4[nH]ccc34)o2)cc1. The summed E-state index contributed by atoms with van der Waals surface area (Å²) in [6, 6.07) is 13.3. The number of hydrogen-bond donors (Lipinski definition) is 1. The zero-order valence-electron chi connectivity index (χ0n) is 15.9. The van der Waals surface area contributed by atoms with Crippen LogP contribution in [0.3, 0.4) is 0 Å². The van der Waals surface area contributed by atoms with Gasteiger partial charge in [0.15, 0.2) is 0 Å². The topological polar surface area (TPSA) is 87.0 Å². The average molecular weight is 387 g/mol. The molecule has 0 spiro atoms. The van der Waals surface area contributed by atoms with Crippen LogP contribution in [0.1, 0.15) is 19.3 Å². The molecule has 0 radical (unpaired) electrons. The van der Waals surface area contributed by atoms with Crippen LogP contribution in [0, 0.1) is 0 Å². The van der Waals surface area contributed by atoms with Crippen molar-refractivity contribution in [3.8, 4) is 11.5 Å². The minimum absolute atomic E-state index is 0.344. The fourth-order valence-electron chi connectivity index (χ4n) is 4.80. The Kier molecular flexibility index (Phi) is 3.75. The van der Waals surface area contributed by atoms with Gasteiger partial charge in [-0.3, -0.25) is 0 Å². The van der Waals surface area contributed by atoms with Crippen LogP contribution in [0.25, 0.3) is 22.5 Å². The van der Waals surface area contributed by atoms with Crippen LogP contribution in [0.5, 0.6) is 0 Å².